The van der Waals surface area contributed by atoms with Crippen LogP contribution in [0.3, 0.4) is 0 Å². The van der Waals surface area contributed by atoms with Gasteiger partial charge < -0.3 is 23.4 Å². The Bertz CT molecular complexity index is 1460. The zero-order valence-corrected chi connectivity index (χ0v) is 19.0. The van der Waals surface area contributed by atoms with E-state index < -0.39 is 34.7 Å². The summed E-state index contributed by atoms with van der Waals surface area (Å²) in [5, 5.41) is -0.184. The lowest BCUT2D eigenvalue weighted by Crippen LogP contribution is -2.16. The first-order chi connectivity index (χ1) is 17.2. The van der Waals surface area contributed by atoms with Crippen LogP contribution in [0.5, 0.6) is 28.7 Å². The summed E-state index contributed by atoms with van der Waals surface area (Å²) in [6.45, 7) is 0. The van der Waals surface area contributed by atoms with Gasteiger partial charge in [-0.05, 0) is 42.0 Å². The van der Waals surface area contributed by atoms with E-state index in [1.54, 1.807) is 30.3 Å². The SMILES string of the molecule is COc1ccc(CC(=O)Oc2ccc3c(=O)c(Oc4cccc(OC)c4)c(C(F)(F)F)oc3c2)cc1. The normalized spacial score (nSPS) is 11.2. The molecule has 0 N–H and O–H groups in total. The number of esters is 1. The second-order valence-corrected chi connectivity index (χ2v) is 7.53. The van der Waals surface area contributed by atoms with E-state index in [1.165, 1.54) is 44.6 Å². The van der Waals surface area contributed by atoms with Crippen molar-refractivity contribution in [1.29, 1.82) is 0 Å². The van der Waals surface area contributed by atoms with Gasteiger partial charge in [0.2, 0.25) is 11.2 Å². The lowest BCUT2D eigenvalue weighted by molar-refractivity contribution is -0.154. The van der Waals surface area contributed by atoms with E-state index in [2.05, 4.69) is 0 Å². The first kappa shape index (κ1) is 24.6. The van der Waals surface area contributed by atoms with Gasteiger partial charge in [0, 0.05) is 12.1 Å². The summed E-state index contributed by atoms with van der Waals surface area (Å²) in [5.74, 6) is -2.48. The van der Waals surface area contributed by atoms with Crippen LogP contribution in [0.1, 0.15) is 11.3 Å². The first-order valence-electron chi connectivity index (χ1n) is 10.5. The molecule has 0 aliphatic rings. The van der Waals surface area contributed by atoms with Crippen LogP contribution < -0.4 is 24.4 Å². The van der Waals surface area contributed by atoms with Crippen LogP contribution in [0.2, 0.25) is 0 Å². The summed E-state index contributed by atoms with van der Waals surface area (Å²) in [4.78, 5) is 25.3. The number of carbonyl (C=O) groups excluding carboxylic acids is 1. The van der Waals surface area contributed by atoms with E-state index in [4.69, 9.17) is 23.4 Å². The molecule has 0 aliphatic heterocycles. The molecule has 0 saturated carbocycles. The van der Waals surface area contributed by atoms with Gasteiger partial charge in [0.15, 0.2) is 0 Å². The second kappa shape index (κ2) is 10.0. The fourth-order valence-electron chi connectivity index (χ4n) is 3.36. The third-order valence-corrected chi connectivity index (χ3v) is 5.08. The maximum atomic E-state index is 13.8. The zero-order chi connectivity index (χ0) is 25.9. The highest BCUT2D eigenvalue weighted by Crippen LogP contribution is 2.39. The molecule has 0 radical (unpaired) electrons. The van der Waals surface area contributed by atoms with Gasteiger partial charge in [-0.25, -0.2) is 0 Å². The van der Waals surface area contributed by atoms with Gasteiger partial charge >= 0.3 is 12.1 Å². The lowest BCUT2D eigenvalue weighted by atomic mass is 10.1. The van der Waals surface area contributed by atoms with Gasteiger partial charge in [-0.1, -0.05) is 18.2 Å². The van der Waals surface area contributed by atoms with E-state index in [9.17, 15) is 22.8 Å². The number of carbonyl (C=O) groups is 1. The number of ether oxygens (including phenoxy) is 4. The highest BCUT2D eigenvalue weighted by atomic mass is 19.4. The average Bonchev–Trinajstić information content (AvgIpc) is 2.85. The predicted octanol–water partition coefficient (Wildman–Crippen LogP) is 5.77. The topological polar surface area (TPSA) is 84.2 Å². The smallest absolute Gasteiger partial charge is 0.453 e. The maximum absolute atomic E-state index is 13.8. The van der Waals surface area contributed by atoms with E-state index in [-0.39, 0.29) is 23.3 Å². The minimum atomic E-state index is -5.04. The number of hydrogen-bond acceptors (Lipinski definition) is 7. The molecule has 186 valence electrons. The molecule has 4 rings (SSSR count). The molecule has 0 unspecified atom stereocenters. The van der Waals surface area contributed by atoms with Crippen molar-refractivity contribution in [3.8, 4) is 28.7 Å². The van der Waals surface area contributed by atoms with Crippen LogP contribution in [0, 0.1) is 0 Å². The van der Waals surface area contributed by atoms with Crippen LogP contribution in [-0.4, -0.2) is 20.2 Å². The summed E-state index contributed by atoms with van der Waals surface area (Å²) in [6, 6.07) is 16.0. The Morgan fingerprint density at radius 1 is 0.861 bits per heavy atom. The minimum absolute atomic E-state index is 0.0458. The fourth-order valence-corrected chi connectivity index (χ4v) is 3.36. The first-order valence-corrected chi connectivity index (χ1v) is 10.5. The molecule has 10 heteroatoms. The number of methoxy groups -OCH3 is 2. The third kappa shape index (κ3) is 5.43. The van der Waals surface area contributed by atoms with Crippen molar-refractivity contribution in [1.82, 2.24) is 0 Å². The lowest BCUT2D eigenvalue weighted by Gasteiger charge is -2.14. The van der Waals surface area contributed by atoms with Gasteiger partial charge in [-0.2, -0.15) is 13.2 Å². The van der Waals surface area contributed by atoms with Crippen molar-refractivity contribution in [2.45, 2.75) is 12.6 Å². The number of alkyl halides is 3. The number of rotatable bonds is 7. The van der Waals surface area contributed by atoms with Crippen molar-refractivity contribution < 1.29 is 41.3 Å². The van der Waals surface area contributed by atoms with Crippen LogP contribution >= 0.6 is 0 Å². The van der Waals surface area contributed by atoms with Gasteiger partial charge in [0.25, 0.3) is 5.76 Å². The molecule has 0 fully saturated rings. The van der Waals surface area contributed by atoms with E-state index in [1.807, 2.05) is 0 Å². The van der Waals surface area contributed by atoms with Gasteiger partial charge in [-0.15, -0.1) is 0 Å². The molecule has 0 bridgehead atoms. The summed E-state index contributed by atoms with van der Waals surface area (Å²) < 4.78 is 67.0. The molecule has 0 saturated heterocycles. The number of hydrogen-bond donors (Lipinski definition) is 0. The highest BCUT2D eigenvalue weighted by Gasteiger charge is 2.40. The van der Waals surface area contributed by atoms with Crippen LogP contribution in [0.25, 0.3) is 11.0 Å². The standard InChI is InChI=1S/C26H19F3O7/c1-32-16-8-6-15(7-9-16)12-22(30)34-19-10-11-20-21(14-19)36-25(26(27,28)29)24(23(20)31)35-18-5-3-4-17(13-18)33-2/h3-11,13-14H,12H2,1-2H3. The minimum Gasteiger partial charge on any atom is -0.497 e. The molecule has 4 aromatic rings. The van der Waals surface area contributed by atoms with Crippen LogP contribution in [0.15, 0.2) is 75.9 Å². The Kier molecular flexibility index (Phi) is 6.86. The number of halogens is 3. The van der Waals surface area contributed by atoms with Crippen molar-refractivity contribution >= 4 is 16.9 Å². The third-order valence-electron chi connectivity index (χ3n) is 5.08. The Labute approximate surface area is 202 Å². The van der Waals surface area contributed by atoms with Gasteiger partial charge in [0.1, 0.15) is 28.6 Å². The summed E-state index contributed by atoms with van der Waals surface area (Å²) in [6.07, 6.45) is -5.13. The van der Waals surface area contributed by atoms with Gasteiger partial charge in [0.05, 0.1) is 26.0 Å². The molecular formula is C26H19F3O7. The highest BCUT2D eigenvalue weighted by molar-refractivity contribution is 5.82. The summed E-state index contributed by atoms with van der Waals surface area (Å²) in [7, 11) is 2.89. The molecule has 0 aliphatic carbocycles. The summed E-state index contributed by atoms with van der Waals surface area (Å²) >= 11 is 0. The molecule has 1 heterocycles. The number of fused-ring (bicyclic) bond motifs is 1. The summed E-state index contributed by atoms with van der Waals surface area (Å²) in [5.41, 5.74) is -0.811. The molecule has 0 spiro atoms. The average molecular weight is 500 g/mol. The van der Waals surface area contributed by atoms with Crippen molar-refractivity contribution in [2.24, 2.45) is 0 Å². The van der Waals surface area contributed by atoms with E-state index in [0.717, 1.165) is 6.07 Å². The Balaban J connectivity index is 1.65. The van der Waals surface area contributed by atoms with Crippen molar-refractivity contribution in [3.05, 3.63) is 88.3 Å². The van der Waals surface area contributed by atoms with Gasteiger partial charge in [-0.3, -0.25) is 9.59 Å². The molecule has 36 heavy (non-hydrogen) atoms. The molecule has 7 nitrogen and oxygen atoms in total. The van der Waals surface area contributed by atoms with Crippen LogP contribution in [0.4, 0.5) is 13.2 Å². The Hall–Kier alpha value is -4.47. The molecule has 0 atom stereocenters. The maximum Gasteiger partial charge on any atom is 0.453 e. The molecule has 1 aromatic heterocycles. The van der Waals surface area contributed by atoms with E-state index in [0.29, 0.717) is 17.1 Å². The number of benzene rings is 3. The van der Waals surface area contributed by atoms with Crippen molar-refractivity contribution in [3.63, 3.8) is 0 Å². The van der Waals surface area contributed by atoms with E-state index >= 15 is 0 Å². The molecule has 3 aromatic carbocycles. The molecule has 0 amide bonds. The van der Waals surface area contributed by atoms with Crippen LogP contribution in [-0.2, 0) is 17.4 Å². The van der Waals surface area contributed by atoms with Crippen molar-refractivity contribution in [2.75, 3.05) is 14.2 Å². The second-order valence-electron chi connectivity index (χ2n) is 7.53. The largest absolute Gasteiger partial charge is 0.497 e. The predicted molar refractivity (Wildman–Crippen MR) is 123 cm³/mol. The Morgan fingerprint density at radius 2 is 1.53 bits per heavy atom. The fraction of sp³-hybridized carbons (Fsp3) is 0.154. The zero-order valence-electron chi connectivity index (χ0n) is 19.0. The molecular weight excluding hydrogens is 481 g/mol. The monoisotopic (exact) mass is 500 g/mol. The quantitative estimate of drug-likeness (QED) is 0.235. The Morgan fingerprint density at radius 3 is 2.19 bits per heavy atom.